The number of nitrogens with zero attached hydrogens (tertiary/aromatic N) is 1. The maximum Gasteiger partial charge on any atom is 0.225 e. The number of nitrogens with one attached hydrogen (secondary N) is 1. The Bertz CT molecular complexity index is 659. The third kappa shape index (κ3) is 3.10. The molecule has 20 heavy (non-hydrogen) atoms. The lowest BCUT2D eigenvalue weighted by Gasteiger charge is -2.19. The van der Waals surface area contributed by atoms with Crippen LogP contribution < -0.4 is 5.32 Å². The first-order chi connectivity index (χ1) is 9.31. The predicted octanol–water partition coefficient (Wildman–Crippen LogP) is 4.53. The number of anilines is 1. The molecule has 0 bridgehead atoms. The van der Waals surface area contributed by atoms with Crippen molar-refractivity contribution < 1.29 is 4.79 Å². The highest BCUT2D eigenvalue weighted by molar-refractivity contribution is 6.34. The van der Waals surface area contributed by atoms with E-state index in [1.807, 2.05) is 18.2 Å². The van der Waals surface area contributed by atoms with Gasteiger partial charge in [0.05, 0.1) is 10.5 Å². The van der Waals surface area contributed by atoms with Crippen molar-refractivity contribution in [3.63, 3.8) is 0 Å². The van der Waals surface area contributed by atoms with Gasteiger partial charge in [0.25, 0.3) is 0 Å². The van der Waals surface area contributed by atoms with E-state index in [2.05, 4.69) is 37.1 Å². The van der Waals surface area contributed by atoms with E-state index in [9.17, 15) is 4.79 Å². The molecule has 0 spiro atoms. The van der Waals surface area contributed by atoms with E-state index in [1.54, 1.807) is 6.92 Å². The van der Waals surface area contributed by atoms with Crippen LogP contribution >= 0.6 is 11.6 Å². The summed E-state index contributed by atoms with van der Waals surface area (Å²) in [5.41, 5.74) is 2.10. The van der Waals surface area contributed by atoms with Crippen molar-refractivity contribution in [3.05, 3.63) is 34.9 Å². The van der Waals surface area contributed by atoms with Crippen molar-refractivity contribution in [1.82, 2.24) is 4.98 Å². The molecule has 0 saturated heterocycles. The molecular weight excluding hydrogens is 272 g/mol. The Balaban J connectivity index is 2.52. The zero-order chi connectivity index (χ0) is 14.9. The summed E-state index contributed by atoms with van der Waals surface area (Å²) in [6.45, 7) is 8.26. The van der Waals surface area contributed by atoms with Gasteiger partial charge in [-0.15, -0.1) is 0 Å². The number of fused-ring (bicyclic) bond motifs is 1. The fourth-order valence-corrected chi connectivity index (χ4v) is 2.12. The molecule has 0 atom stereocenters. The van der Waals surface area contributed by atoms with Crippen LogP contribution in [0.2, 0.25) is 5.02 Å². The first-order valence-electron chi connectivity index (χ1n) is 6.72. The fraction of sp³-hybridized carbons (Fsp3) is 0.375. The molecule has 1 N–H and O–H groups in total. The second-order valence-corrected chi connectivity index (χ2v) is 6.29. The number of carbonyl (C=O) groups excluding carboxylic acids is 1. The van der Waals surface area contributed by atoms with Crippen molar-refractivity contribution in [3.8, 4) is 0 Å². The molecule has 1 aromatic carbocycles. The van der Waals surface area contributed by atoms with Crippen molar-refractivity contribution in [2.45, 2.75) is 39.5 Å². The quantitative estimate of drug-likeness (QED) is 0.882. The summed E-state index contributed by atoms with van der Waals surface area (Å²) >= 11 is 6.16. The summed E-state index contributed by atoms with van der Waals surface area (Å²) in [4.78, 5) is 16.0. The van der Waals surface area contributed by atoms with Gasteiger partial charge in [-0.1, -0.05) is 51.4 Å². The van der Waals surface area contributed by atoms with E-state index in [0.29, 0.717) is 17.3 Å². The zero-order valence-corrected chi connectivity index (χ0v) is 13.0. The number of hydrogen-bond donors (Lipinski definition) is 1. The number of rotatable bonds is 2. The number of carbonyl (C=O) groups is 1. The molecule has 0 aliphatic heterocycles. The van der Waals surface area contributed by atoms with Crippen LogP contribution in [-0.4, -0.2) is 10.9 Å². The highest BCUT2D eigenvalue weighted by atomic mass is 35.5. The molecule has 4 heteroatoms. The highest BCUT2D eigenvalue weighted by Crippen LogP contribution is 2.29. The third-order valence-corrected chi connectivity index (χ3v) is 3.50. The number of aromatic nitrogens is 1. The molecule has 1 amide bonds. The van der Waals surface area contributed by atoms with Crippen molar-refractivity contribution in [2.75, 3.05) is 5.32 Å². The molecule has 0 aliphatic carbocycles. The molecule has 1 heterocycles. The molecule has 106 valence electrons. The van der Waals surface area contributed by atoms with Gasteiger partial charge in [0.2, 0.25) is 5.91 Å². The first-order valence-corrected chi connectivity index (χ1v) is 7.09. The molecule has 3 nitrogen and oxygen atoms in total. The van der Waals surface area contributed by atoms with Gasteiger partial charge in [-0.25, -0.2) is 4.98 Å². The van der Waals surface area contributed by atoms with Gasteiger partial charge >= 0.3 is 0 Å². The summed E-state index contributed by atoms with van der Waals surface area (Å²) in [6, 6.07) is 7.99. The van der Waals surface area contributed by atoms with Crippen LogP contribution in [-0.2, 0) is 10.2 Å². The smallest absolute Gasteiger partial charge is 0.225 e. The maximum absolute atomic E-state index is 11.5. The number of benzene rings is 1. The van der Waals surface area contributed by atoms with Crippen molar-refractivity contribution in [2.24, 2.45) is 0 Å². The molecule has 2 aromatic rings. The van der Waals surface area contributed by atoms with Crippen molar-refractivity contribution in [1.29, 1.82) is 0 Å². The minimum atomic E-state index is -0.0919. The van der Waals surface area contributed by atoms with Crippen LogP contribution in [0.15, 0.2) is 24.3 Å². The minimum absolute atomic E-state index is 0.0579. The molecule has 0 saturated carbocycles. The number of amides is 1. The Labute approximate surface area is 124 Å². The summed E-state index contributed by atoms with van der Waals surface area (Å²) in [5.74, 6) is 0.336. The lowest BCUT2D eigenvalue weighted by Crippen LogP contribution is -2.12. The third-order valence-electron chi connectivity index (χ3n) is 3.22. The first kappa shape index (κ1) is 14.8. The Morgan fingerprint density at radius 1 is 1.30 bits per heavy atom. The average molecular weight is 291 g/mol. The van der Waals surface area contributed by atoms with Gasteiger partial charge in [0.15, 0.2) is 5.82 Å². The topological polar surface area (TPSA) is 42.0 Å². The van der Waals surface area contributed by atoms with E-state index in [-0.39, 0.29) is 11.3 Å². The van der Waals surface area contributed by atoms with Crippen LogP contribution in [0.25, 0.3) is 10.9 Å². The second kappa shape index (κ2) is 5.41. The van der Waals surface area contributed by atoms with Gasteiger partial charge in [-0.2, -0.15) is 0 Å². The lowest BCUT2D eigenvalue weighted by atomic mass is 9.86. The van der Waals surface area contributed by atoms with E-state index in [4.69, 9.17) is 11.6 Å². The summed E-state index contributed by atoms with van der Waals surface area (Å²) < 4.78 is 0. The van der Waals surface area contributed by atoms with Gasteiger partial charge in [0, 0.05) is 11.8 Å². The minimum Gasteiger partial charge on any atom is -0.309 e. The molecule has 2 rings (SSSR count). The SMILES string of the molecule is CCC(=O)Nc1nc2cc(C(C)(C)C)ccc2cc1Cl. The fourth-order valence-electron chi connectivity index (χ4n) is 1.92. The second-order valence-electron chi connectivity index (χ2n) is 5.88. The summed E-state index contributed by atoms with van der Waals surface area (Å²) in [6.07, 6.45) is 0.401. The maximum atomic E-state index is 11.5. The predicted molar refractivity (Wildman–Crippen MR) is 84.4 cm³/mol. The highest BCUT2D eigenvalue weighted by Gasteiger charge is 2.15. The average Bonchev–Trinajstić information content (AvgIpc) is 2.37. The van der Waals surface area contributed by atoms with E-state index >= 15 is 0 Å². The van der Waals surface area contributed by atoms with Crippen LogP contribution in [0.1, 0.15) is 39.7 Å². The van der Waals surface area contributed by atoms with Crippen LogP contribution in [0, 0.1) is 0 Å². The van der Waals surface area contributed by atoms with Crippen LogP contribution in [0.5, 0.6) is 0 Å². The standard InChI is InChI=1S/C16H19ClN2O/c1-5-14(20)19-15-12(17)8-10-6-7-11(16(2,3)4)9-13(10)18-15/h6-9H,5H2,1-4H3,(H,18,19,20). The Kier molecular flexibility index (Phi) is 4.00. The van der Waals surface area contributed by atoms with E-state index in [1.165, 1.54) is 5.56 Å². The van der Waals surface area contributed by atoms with Gasteiger partial charge in [-0.3, -0.25) is 4.79 Å². The molecule has 0 unspecified atom stereocenters. The molecule has 1 aromatic heterocycles. The van der Waals surface area contributed by atoms with E-state index < -0.39 is 0 Å². The summed E-state index contributed by atoms with van der Waals surface area (Å²) in [7, 11) is 0. The Morgan fingerprint density at radius 2 is 2.00 bits per heavy atom. The van der Waals surface area contributed by atoms with Crippen molar-refractivity contribution >= 4 is 34.2 Å². The Hall–Kier alpha value is -1.61. The monoisotopic (exact) mass is 290 g/mol. The molecular formula is C16H19ClN2O. The van der Waals surface area contributed by atoms with Crippen LogP contribution in [0.3, 0.4) is 0 Å². The zero-order valence-electron chi connectivity index (χ0n) is 12.2. The normalized spacial score (nSPS) is 11.7. The molecule has 0 radical (unpaired) electrons. The molecule has 0 fully saturated rings. The number of hydrogen-bond acceptors (Lipinski definition) is 2. The lowest BCUT2D eigenvalue weighted by molar-refractivity contribution is -0.115. The summed E-state index contributed by atoms with van der Waals surface area (Å²) in [5, 5.41) is 4.16. The number of halogens is 1. The van der Waals surface area contributed by atoms with Crippen LogP contribution in [0.4, 0.5) is 5.82 Å². The molecule has 0 aliphatic rings. The van der Waals surface area contributed by atoms with Gasteiger partial charge in [0.1, 0.15) is 0 Å². The number of pyridine rings is 1. The Morgan fingerprint density at radius 3 is 2.60 bits per heavy atom. The van der Waals surface area contributed by atoms with Gasteiger partial charge in [-0.05, 0) is 23.1 Å². The largest absolute Gasteiger partial charge is 0.309 e. The van der Waals surface area contributed by atoms with E-state index in [0.717, 1.165) is 10.9 Å². The van der Waals surface area contributed by atoms with Gasteiger partial charge < -0.3 is 5.32 Å².